The maximum atomic E-state index is 12.6. The Morgan fingerprint density at radius 3 is 2.63 bits per heavy atom. The lowest BCUT2D eigenvalue weighted by molar-refractivity contribution is 0.0199. The van der Waals surface area contributed by atoms with Gasteiger partial charge in [0.2, 0.25) is 0 Å². The number of aromatic nitrogens is 3. The highest BCUT2D eigenvalue weighted by atomic mass is 16.6. The lowest BCUT2D eigenvalue weighted by Gasteiger charge is -2.33. The molecule has 8 heteroatoms. The van der Waals surface area contributed by atoms with E-state index in [4.69, 9.17) is 4.74 Å². The minimum absolute atomic E-state index is 0.0325. The molecule has 27 heavy (non-hydrogen) atoms. The number of H-pyrrole nitrogens is 1. The van der Waals surface area contributed by atoms with Crippen LogP contribution >= 0.6 is 0 Å². The lowest BCUT2D eigenvalue weighted by Crippen LogP contribution is -2.47. The molecule has 3 rings (SSSR count). The molecule has 8 nitrogen and oxygen atoms in total. The van der Waals surface area contributed by atoms with Gasteiger partial charge in [0.15, 0.2) is 5.82 Å². The Morgan fingerprint density at radius 2 is 2.00 bits per heavy atom. The van der Waals surface area contributed by atoms with E-state index in [2.05, 4.69) is 20.5 Å². The van der Waals surface area contributed by atoms with Crippen molar-refractivity contribution in [2.24, 2.45) is 0 Å². The van der Waals surface area contributed by atoms with Gasteiger partial charge in [-0.3, -0.25) is 9.89 Å². The fourth-order valence-corrected chi connectivity index (χ4v) is 2.95. The molecule has 2 amide bonds. The van der Waals surface area contributed by atoms with Crippen molar-refractivity contribution in [1.82, 2.24) is 25.4 Å². The van der Waals surface area contributed by atoms with Crippen LogP contribution in [0.4, 0.5) is 4.79 Å². The number of likely N-dealkylation sites (tertiary alicyclic amines) is 1. The second kappa shape index (κ2) is 7.77. The Balaban J connectivity index is 1.54. The standard InChI is InChI=1S/C19H25N5O3/c1-19(2,3)27-18(26)24-9-7-15(8-10-24)22-17(25)14-6-4-5-13(11-14)16-20-12-21-23-16/h4-6,11-12,15H,7-10H2,1-3H3,(H,22,25)(H,20,21,23). The Morgan fingerprint density at radius 1 is 1.26 bits per heavy atom. The van der Waals surface area contributed by atoms with Crippen molar-refractivity contribution < 1.29 is 14.3 Å². The molecule has 0 spiro atoms. The molecule has 0 unspecified atom stereocenters. The van der Waals surface area contributed by atoms with Crippen LogP contribution < -0.4 is 5.32 Å². The molecule has 1 aliphatic rings. The smallest absolute Gasteiger partial charge is 0.410 e. The first-order valence-corrected chi connectivity index (χ1v) is 9.06. The Labute approximate surface area is 158 Å². The van der Waals surface area contributed by atoms with E-state index in [0.717, 1.165) is 5.56 Å². The van der Waals surface area contributed by atoms with E-state index in [9.17, 15) is 9.59 Å². The van der Waals surface area contributed by atoms with E-state index in [0.29, 0.717) is 37.3 Å². The monoisotopic (exact) mass is 371 g/mol. The lowest BCUT2D eigenvalue weighted by atomic mass is 10.0. The summed E-state index contributed by atoms with van der Waals surface area (Å²) in [6, 6.07) is 7.27. The van der Waals surface area contributed by atoms with E-state index >= 15 is 0 Å². The summed E-state index contributed by atoms with van der Waals surface area (Å²) in [6.45, 7) is 6.69. The predicted octanol–water partition coefficient (Wildman–Crippen LogP) is 2.60. The molecule has 0 aliphatic carbocycles. The van der Waals surface area contributed by atoms with Crippen LogP contribution in [0.1, 0.15) is 44.0 Å². The highest BCUT2D eigenvalue weighted by molar-refractivity contribution is 5.95. The number of carbonyl (C=O) groups excluding carboxylic acids is 2. The molecule has 1 fully saturated rings. The summed E-state index contributed by atoms with van der Waals surface area (Å²) in [5.41, 5.74) is 0.870. The average Bonchev–Trinajstić information content (AvgIpc) is 3.15. The maximum absolute atomic E-state index is 12.6. The molecular formula is C19H25N5O3. The van der Waals surface area contributed by atoms with Crippen LogP contribution in [0.5, 0.6) is 0 Å². The summed E-state index contributed by atoms with van der Waals surface area (Å²) in [5, 5.41) is 9.67. The van der Waals surface area contributed by atoms with E-state index in [1.165, 1.54) is 6.33 Å². The summed E-state index contributed by atoms with van der Waals surface area (Å²) in [7, 11) is 0. The van der Waals surface area contributed by atoms with Crippen LogP contribution in [0.3, 0.4) is 0 Å². The highest BCUT2D eigenvalue weighted by Crippen LogP contribution is 2.18. The van der Waals surface area contributed by atoms with Gasteiger partial charge in [0.25, 0.3) is 5.91 Å². The van der Waals surface area contributed by atoms with Gasteiger partial charge in [0.1, 0.15) is 11.9 Å². The first-order valence-electron chi connectivity index (χ1n) is 9.06. The minimum Gasteiger partial charge on any atom is -0.444 e. The van der Waals surface area contributed by atoms with Crippen LogP contribution in [-0.4, -0.2) is 56.8 Å². The average molecular weight is 371 g/mol. The molecule has 0 radical (unpaired) electrons. The van der Waals surface area contributed by atoms with Crippen molar-refractivity contribution in [3.63, 3.8) is 0 Å². The first kappa shape index (κ1) is 18.9. The van der Waals surface area contributed by atoms with E-state index in [1.54, 1.807) is 17.0 Å². The number of carbonyl (C=O) groups is 2. The van der Waals surface area contributed by atoms with Gasteiger partial charge in [-0.15, -0.1) is 0 Å². The van der Waals surface area contributed by atoms with Crippen molar-refractivity contribution >= 4 is 12.0 Å². The fourth-order valence-electron chi connectivity index (χ4n) is 2.95. The molecule has 1 aliphatic heterocycles. The largest absolute Gasteiger partial charge is 0.444 e. The second-order valence-corrected chi connectivity index (χ2v) is 7.63. The topological polar surface area (TPSA) is 100 Å². The third kappa shape index (κ3) is 5.06. The first-order chi connectivity index (χ1) is 12.8. The van der Waals surface area contributed by atoms with E-state index < -0.39 is 5.60 Å². The molecule has 1 saturated heterocycles. The zero-order valence-corrected chi connectivity index (χ0v) is 15.9. The number of ether oxygens (including phenoxy) is 1. The summed E-state index contributed by atoms with van der Waals surface area (Å²) in [4.78, 5) is 30.5. The Hall–Kier alpha value is -2.90. The highest BCUT2D eigenvalue weighted by Gasteiger charge is 2.27. The molecule has 2 heterocycles. The maximum Gasteiger partial charge on any atom is 0.410 e. The molecule has 144 valence electrons. The number of nitrogens with zero attached hydrogens (tertiary/aromatic N) is 3. The number of aromatic amines is 1. The van der Waals surface area contributed by atoms with Crippen LogP contribution in [0.25, 0.3) is 11.4 Å². The van der Waals surface area contributed by atoms with Gasteiger partial charge in [-0.1, -0.05) is 12.1 Å². The SMILES string of the molecule is CC(C)(C)OC(=O)N1CCC(NC(=O)c2cccc(-c3ncn[nH]3)c2)CC1. The number of amides is 2. The summed E-state index contributed by atoms with van der Waals surface area (Å²) in [6.07, 6.45) is 2.53. The molecule has 0 saturated carbocycles. The zero-order valence-electron chi connectivity index (χ0n) is 15.9. The molecule has 0 atom stereocenters. The van der Waals surface area contributed by atoms with Gasteiger partial charge in [-0.25, -0.2) is 9.78 Å². The molecule has 2 N–H and O–H groups in total. The van der Waals surface area contributed by atoms with E-state index in [-0.39, 0.29) is 18.0 Å². The van der Waals surface area contributed by atoms with Crippen LogP contribution in [0, 0.1) is 0 Å². The van der Waals surface area contributed by atoms with Crippen molar-refractivity contribution in [2.45, 2.75) is 45.3 Å². The van der Waals surface area contributed by atoms with E-state index in [1.807, 2.05) is 32.9 Å². The minimum atomic E-state index is -0.503. The molecule has 2 aromatic rings. The van der Waals surface area contributed by atoms with Crippen molar-refractivity contribution in [2.75, 3.05) is 13.1 Å². The van der Waals surface area contributed by atoms with Crippen LogP contribution in [0.2, 0.25) is 0 Å². The number of benzene rings is 1. The zero-order chi connectivity index (χ0) is 19.4. The third-order valence-corrected chi connectivity index (χ3v) is 4.30. The number of rotatable bonds is 3. The molecular weight excluding hydrogens is 346 g/mol. The van der Waals surface area contributed by atoms with Crippen LogP contribution in [-0.2, 0) is 4.74 Å². The second-order valence-electron chi connectivity index (χ2n) is 7.63. The van der Waals surface area contributed by atoms with Gasteiger partial charge in [-0.2, -0.15) is 5.10 Å². The van der Waals surface area contributed by atoms with Gasteiger partial charge in [-0.05, 0) is 45.7 Å². The van der Waals surface area contributed by atoms with Gasteiger partial charge in [0, 0.05) is 30.3 Å². The van der Waals surface area contributed by atoms with Gasteiger partial charge in [0.05, 0.1) is 0 Å². The van der Waals surface area contributed by atoms with Crippen molar-refractivity contribution in [1.29, 1.82) is 0 Å². The summed E-state index contributed by atoms with van der Waals surface area (Å²) < 4.78 is 5.40. The van der Waals surface area contributed by atoms with Crippen molar-refractivity contribution in [3.8, 4) is 11.4 Å². The Kier molecular flexibility index (Phi) is 5.43. The quantitative estimate of drug-likeness (QED) is 0.864. The number of piperidine rings is 1. The van der Waals surface area contributed by atoms with Crippen LogP contribution in [0.15, 0.2) is 30.6 Å². The third-order valence-electron chi connectivity index (χ3n) is 4.30. The molecule has 1 aromatic heterocycles. The normalized spacial score (nSPS) is 15.4. The molecule has 0 bridgehead atoms. The summed E-state index contributed by atoms with van der Waals surface area (Å²) in [5.74, 6) is 0.488. The van der Waals surface area contributed by atoms with Crippen molar-refractivity contribution in [3.05, 3.63) is 36.2 Å². The number of hydrogen-bond donors (Lipinski definition) is 2. The predicted molar refractivity (Wildman–Crippen MR) is 100 cm³/mol. The molecule has 1 aromatic carbocycles. The number of nitrogens with one attached hydrogen (secondary N) is 2. The van der Waals surface area contributed by atoms with Gasteiger partial charge < -0.3 is 15.0 Å². The Bertz CT molecular complexity index is 790. The number of hydrogen-bond acceptors (Lipinski definition) is 5. The fraction of sp³-hybridized carbons (Fsp3) is 0.474. The van der Waals surface area contributed by atoms with Gasteiger partial charge >= 0.3 is 6.09 Å². The summed E-state index contributed by atoms with van der Waals surface area (Å²) >= 11 is 0.